The first-order chi connectivity index (χ1) is 14.5. The molecule has 0 aromatic heterocycles. The highest BCUT2D eigenvalue weighted by molar-refractivity contribution is 5.93. The van der Waals surface area contributed by atoms with Crippen molar-refractivity contribution in [2.75, 3.05) is 5.43 Å². The van der Waals surface area contributed by atoms with Crippen molar-refractivity contribution in [3.63, 3.8) is 0 Å². The summed E-state index contributed by atoms with van der Waals surface area (Å²) in [7, 11) is 0. The van der Waals surface area contributed by atoms with Crippen molar-refractivity contribution in [3.05, 3.63) is 63.7 Å². The minimum Gasteiger partial charge on any atom is -0.508 e. The van der Waals surface area contributed by atoms with E-state index in [1.165, 1.54) is 35.4 Å². The Labute approximate surface area is 176 Å². The molecule has 3 aliphatic rings. The average molecular weight is 405 g/mol. The quantitative estimate of drug-likeness (QED) is 0.512. The van der Waals surface area contributed by atoms with Crippen molar-refractivity contribution in [1.82, 2.24) is 0 Å². The van der Waals surface area contributed by atoms with E-state index in [4.69, 9.17) is 5.10 Å². The van der Waals surface area contributed by atoms with Gasteiger partial charge in [-0.15, -0.1) is 0 Å². The maximum Gasteiger partial charge on any atom is 0.271 e. The molecule has 6 heteroatoms. The van der Waals surface area contributed by atoms with E-state index in [0.29, 0.717) is 29.2 Å². The number of non-ortho nitro benzene ring substituents is 1. The molecular formula is C24H27N3O3. The SMILES string of the molecule is C[C@]12CC[C@@H]3c4ccc(O)cc4CC[C@@H]3[C@@H]1CC/C2=N/Nc1cccc([N+](=O)[O-])c1. The highest BCUT2D eigenvalue weighted by Gasteiger charge is 2.53. The fourth-order valence-electron chi connectivity index (χ4n) is 6.36. The number of fused-ring (bicyclic) bond motifs is 5. The number of nitrogens with one attached hydrogen (secondary N) is 1. The second-order valence-corrected chi connectivity index (χ2v) is 9.27. The molecular weight excluding hydrogens is 378 g/mol. The third-order valence-corrected chi connectivity index (χ3v) is 7.83. The van der Waals surface area contributed by atoms with E-state index >= 15 is 0 Å². The largest absolute Gasteiger partial charge is 0.508 e. The maximum absolute atomic E-state index is 11.0. The highest BCUT2D eigenvalue weighted by atomic mass is 16.6. The van der Waals surface area contributed by atoms with Crippen LogP contribution in [0.1, 0.15) is 56.1 Å². The molecule has 6 nitrogen and oxygen atoms in total. The van der Waals surface area contributed by atoms with Crippen LogP contribution in [-0.2, 0) is 6.42 Å². The van der Waals surface area contributed by atoms with Crippen molar-refractivity contribution in [2.24, 2.45) is 22.4 Å². The van der Waals surface area contributed by atoms with Gasteiger partial charge in [0, 0.05) is 23.3 Å². The fourth-order valence-corrected chi connectivity index (χ4v) is 6.36. The predicted molar refractivity (Wildman–Crippen MR) is 117 cm³/mol. The molecule has 156 valence electrons. The third kappa shape index (κ3) is 3.06. The van der Waals surface area contributed by atoms with E-state index in [1.807, 2.05) is 18.2 Å². The second kappa shape index (κ2) is 7.11. The minimum absolute atomic E-state index is 0.0723. The molecule has 2 aromatic rings. The zero-order chi connectivity index (χ0) is 20.9. The van der Waals surface area contributed by atoms with Crippen molar-refractivity contribution in [2.45, 2.75) is 51.4 Å². The monoisotopic (exact) mass is 405 g/mol. The van der Waals surface area contributed by atoms with Crippen LogP contribution in [0.4, 0.5) is 11.4 Å². The van der Waals surface area contributed by atoms with Crippen LogP contribution in [0, 0.1) is 27.4 Å². The third-order valence-electron chi connectivity index (χ3n) is 7.83. The van der Waals surface area contributed by atoms with Gasteiger partial charge in [-0.3, -0.25) is 15.5 Å². The molecule has 0 saturated heterocycles. The number of phenols is 1. The molecule has 0 unspecified atom stereocenters. The predicted octanol–water partition coefficient (Wildman–Crippen LogP) is 5.62. The standard InChI is InChI=1S/C24H27N3O3/c1-24-12-11-20-19-8-6-18(28)13-15(19)5-7-21(20)22(24)9-10-23(24)26-25-16-3-2-4-17(14-16)27(29)30/h2-4,6,8,13-14,20-22,25,28H,5,7,9-12H2,1H3/b26-23-/t20-,21+,22+,24+/m1/s1. The summed E-state index contributed by atoms with van der Waals surface area (Å²) in [5, 5.41) is 25.6. The molecule has 0 heterocycles. The second-order valence-electron chi connectivity index (χ2n) is 9.27. The van der Waals surface area contributed by atoms with E-state index in [1.54, 1.807) is 6.07 Å². The molecule has 2 fully saturated rings. The Morgan fingerprint density at radius 2 is 2.03 bits per heavy atom. The summed E-state index contributed by atoms with van der Waals surface area (Å²) in [6, 6.07) is 12.4. The number of nitro groups is 1. The lowest BCUT2D eigenvalue weighted by Gasteiger charge is -2.49. The Hall–Kier alpha value is -2.89. The lowest BCUT2D eigenvalue weighted by atomic mass is 9.55. The number of aryl methyl sites for hydroxylation is 1. The Morgan fingerprint density at radius 3 is 2.87 bits per heavy atom. The minimum atomic E-state index is -0.382. The molecule has 4 atom stereocenters. The van der Waals surface area contributed by atoms with Crippen LogP contribution in [0.2, 0.25) is 0 Å². The van der Waals surface area contributed by atoms with E-state index in [-0.39, 0.29) is 16.0 Å². The van der Waals surface area contributed by atoms with Crippen LogP contribution >= 0.6 is 0 Å². The molecule has 30 heavy (non-hydrogen) atoms. The van der Waals surface area contributed by atoms with Crippen molar-refractivity contribution in [3.8, 4) is 5.75 Å². The zero-order valence-electron chi connectivity index (χ0n) is 17.2. The maximum atomic E-state index is 11.0. The Balaban J connectivity index is 1.38. The zero-order valence-corrected chi connectivity index (χ0v) is 17.2. The van der Waals surface area contributed by atoms with E-state index in [2.05, 4.69) is 18.4 Å². The highest BCUT2D eigenvalue weighted by Crippen LogP contribution is 2.60. The number of benzene rings is 2. The van der Waals surface area contributed by atoms with Gasteiger partial charge < -0.3 is 5.11 Å². The van der Waals surface area contributed by atoms with Crippen molar-refractivity contribution >= 4 is 17.1 Å². The van der Waals surface area contributed by atoms with Crippen LogP contribution in [0.3, 0.4) is 0 Å². The number of phenolic OH excluding ortho intramolecular Hbond substituents is 1. The van der Waals surface area contributed by atoms with Gasteiger partial charge in [0.1, 0.15) is 5.75 Å². The summed E-state index contributed by atoms with van der Waals surface area (Å²) in [5.41, 5.74) is 7.86. The number of nitrogens with zero attached hydrogens (tertiary/aromatic N) is 2. The summed E-state index contributed by atoms with van der Waals surface area (Å²) >= 11 is 0. The molecule has 3 aliphatic carbocycles. The number of anilines is 1. The number of hydrogen-bond donors (Lipinski definition) is 2. The summed E-state index contributed by atoms with van der Waals surface area (Å²) < 4.78 is 0. The average Bonchev–Trinajstić information content (AvgIpc) is 3.08. The summed E-state index contributed by atoms with van der Waals surface area (Å²) in [6.45, 7) is 2.36. The normalized spacial score (nSPS) is 31.0. The number of aromatic hydroxyl groups is 1. The van der Waals surface area contributed by atoms with Crippen LogP contribution < -0.4 is 5.43 Å². The van der Waals surface area contributed by atoms with Crippen LogP contribution in [0.5, 0.6) is 5.75 Å². The lowest BCUT2D eigenvalue weighted by molar-refractivity contribution is -0.384. The number of nitro benzene ring substituents is 1. The van der Waals surface area contributed by atoms with E-state index in [0.717, 1.165) is 32.1 Å². The summed E-state index contributed by atoms with van der Waals surface area (Å²) in [4.78, 5) is 10.6. The van der Waals surface area contributed by atoms with Gasteiger partial charge in [0.2, 0.25) is 0 Å². The molecule has 2 saturated carbocycles. The van der Waals surface area contributed by atoms with Crippen molar-refractivity contribution in [1.29, 1.82) is 0 Å². The molecule has 0 radical (unpaired) electrons. The Bertz CT molecular complexity index is 1030. The summed E-state index contributed by atoms with van der Waals surface area (Å²) in [6.07, 6.45) is 6.60. The van der Waals surface area contributed by atoms with Gasteiger partial charge in [-0.2, -0.15) is 5.10 Å². The molecule has 2 aromatic carbocycles. The van der Waals surface area contributed by atoms with Gasteiger partial charge in [-0.25, -0.2) is 0 Å². The lowest BCUT2D eigenvalue weighted by Crippen LogP contribution is -2.42. The Kier molecular flexibility index (Phi) is 4.53. The van der Waals surface area contributed by atoms with Gasteiger partial charge >= 0.3 is 0 Å². The van der Waals surface area contributed by atoms with Gasteiger partial charge in [0.15, 0.2) is 0 Å². The number of hydrazone groups is 1. The molecule has 5 rings (SSSR count). The smallest absolute Gasteiger partial charge is 0.271 e. The van der Waals surface area contributed by atoms with E-state index in [9.17, 15) is 15.2 Å². The van der Waals surface area contributed by atoms with Crippen LogP contribution in [0.15, 0.2) is 47.6 Å². The van der Waals surface area contributed by atoms with Gasteiger partial charge in [0.05, 0.1) is 10.6 Å². The Morgan fingerprint density at radius 1 is 1.17 bits per heavy atom. The van der Waals surface area contributed by atoms with Crippen LogP contribution in [0.25, 0.3) is 0 Å². The number of rotatable bonds is 3. The molecule has 0 amide bonds. The van der Waals surface area contributed by atoms with Crippen LogP contribution in [-0.4, -0.2) is 15.7 Å². The first-order valence-electron chi connectivity index (χ1n) is 10.8. The molecule has 0 bridgehead atoms. The first kappa shape index (κ1) is 19.1. The van der Waals surface area contributed by atoms with Crippen molar-refractivity contribution < 1.29 is 10.0 Å². The summed E-state index contributed by atoms with van der Waals surface area (Å²) in [5.74, 6) is 2.22. The molecule has 2 N–H and O–H groups in total. The van der Waals surface area contributed by atoms with Gasteiger partial charge in [-0.05, 0) is 85.6 Å². The van der Waals surface area contributed by atoms with E-state index < -0.39 is 0 Å². The molecule has 0 aliphatic heterocycles. The fraction of sp³-hybridized carbons (Fsp3) is 0.458. The first-order valence-corrected chi connectivity index (χ1v) is 10.8. The van der Waals surface area contributed by atoms with Gasteiger partial charge in [-0.1, -0.05) is 19.1 Å². The van der Waals surface area contributed by atoms with Gasteiger partial charge in [0.25, 0.3) is 5.69 Å². The topological polar surface area (TPSA) is 87.8 Å². The molecule has 0 spiro atoms. The number of hydrogen-bond acceptors (Lipinski definition) is 5.